The average molecular weight is 467 g/mol. The van der Waals surface area contributed by atoms with Crippen LogP contribution in [0.4, 0.5) is 5.69 Å². The predicted molar refractivity (Wildman–Crippen MR) is 129 cm³/mol. The van der Waals surface area contributed by atoms with Gasteiger partial charge in [-0.25, -0.2) is 0 Å². The van der Waals surface area contributed by atoms with E-state index in [0.29, 0.717) is 35.2 Å². The second-order valence-electron chi connectivity index (χ2n) is 7.34. The number of nitrogens with zero attached hydrogens (tertiary/aromatic N) is 1. The third-order valence-electron chi connectivity index (χ3n) is 5.12. The molecule has 1 aliphatic heterocycles. The molecule has 1 atom stereocenters. The summed E-state index contributed by atoms with van der Waals surface area (Å²) in [7, 11) is 0. The Balaban J connectivity index is 1.43. The molecular weight excluding hydrogens is 444 g/mol. The zero-order chi connectivity index (χ0) is 22.5. The fourth-order valence-corrected chi connectivity index (χ4v) is 4.81. The molecule has 164 valence electrons. The Kier molecular flexibility index (Phi) is 7.02. The van der Waals surface area contributed by atoms with Gasteiger partial charge in [0.05, 0.1) is 12.4 Å². The van der Waals surface area contributed by atoms with Crippen LogP contribution in [0.25, 0.3) is 0 Å². The third kappa shape index (κ3) is 5.26. The molecule has 3 aromatic rings. The van der Waals surface area contributed by atoms with Crippen LogP contribution in [-0.2, 0) is 11.3 Å². The van der Waals surface area contributed by atoms with E-state index in [9.17, 15) is 9.59 Å². The number of rotatable bonds is 7. The van der Waals surface area contributed by atoms with Crippen LogP contribution in [0.1, 0.15) is 33.8 Å². The van der Waals surface area contributed by atoms with Gasteiger partial charge in [-0.3, -0.25) is 9.59 Å². The van der Waals surface area contributed by atoms with Crippen molar-refractivity contribution in [3.05, 3.63) is 94.5 Å². The number of hydrogen-bond donors (Lipinski definition) is 1. The van der Waals surface area contributed by atoms with Crippen LogP contribution >= 0.6 is 23.4 Å². The molecule has 1 fully saturated rings. The average Bonchev–Trinajstić information content (AvgIpc) is 3.17. The number of nitrogens with one attached hydrogen (secondary N) is 1. The van der Waals surface area contributed by atoms with Crippen LogP contribution in [0.3, 0.4) is 0 Å². The molecule has 0 saturated carbocycles. The molecule has 0 radical (unpaired) electrons. The topological polar surface area (TPSA) is 58.6 Å². The first-order valence-corrected chi connectivity index (χ1v) is 11.8. The normalized spacial score (nSPS) is 15.6. The summed E-state index contributed by atoms with van der Waals surface area (Å²) in [6.45, 7) is 3.05. The van der Waals surface area contributed by atoms with Gasteiger partial charge in [-0.2, -0.15) is 0 Å². The molecule has 1 heterocycles. The number of benzene rings is 3. The largest absolute Gasteiger partial charge is 0.494 e. The second-order valence-corrected chi connectivity index (χ2v) is 8.85. The molecule has 0 unspecified atom stereocenters. The SMILES string of the molecule is CCOc1ccc(NC(=O)c2ccc([C@@H]3SCC(=O)N3Cc3ccc(Cl)cc3)cc2)cc1. The van der Waals surface area contributed by atoms with E-state index < -0.39 is 0 Å². The predicted octanol–water partition coefficient (Wildman–Crippen LogP) is 5.77. The molecule has 5 nitrogen and oxygen atoms in total. The Morgan fingerprint density at radius 3 is 2.41 bits per heavy atom. The summed E-state index contributed by atoms with van der Waals surface area (Å²) in [4.78, 5) is 27.0. The Hall–Kier alpha value is -2.96. The highest BCUT2D eigenvalue weighted by molar-refractivity contribution is 8.00. The van der Waals surface area contributed by atoms with Crippen molar-refractivity contribution in [3.63, 3.8) is 0 Å². The highest BCUT2D eigenvalue weighted by Crippen LogP contribution is 2.39. The van der Waals surface area contributed by atoms with Gasteiger partial charge in [0.1, 0.15) is 11.1 Å². The Bertz CT molecular complexity index is 1090. The molecule has 1 aliphatic rings. The molecule has 2 amide bonds. The van der Waals surface area contributed by atoms with Gasteiger partial charge < -0.3 is 15.0 Å². The zero-order valence-electron chi connectivity index (χ0n) is 17.6. The summed E-state index contributed by atoms with van der Waals surface area (Å²) in [5.74, 6) is 1.13. The summed E-state index contributed by atoms with van der Waals surface area (Å²) in [6, 6.07) is 22.2. The van der Waals surface area contributed by atoms with E-state index in [1.807, 2.05) is 72.5 Å². The van der Waals surface area contributed by atoms with E-state index in [-0.39, 0.29) is 17.2 Å². The van der Waals surface area contributed by atoms with Crippen molar-refractivity contribution in [2.24, 2.45) is 0 Å². The van der Waals surface area contributed by atoms with Crippen LogP contribution in [0.15, 0.2) is 72.8 Å². The van der Waals surface area contributed by atoms with Crippen molar-refractivity contribution in [3.8, 4) is 5.75 Å². The van der Waals surface area contributed by atoms with Crippen molar-refractivity contribution in [2.75, 3.05) is 17.7 Å². The summed E-state index contributed by atoms with van der Waals surface area (Å²) in [5, 5.41) is 3.49. The van der Waals surface area contributed by atoms with E-state index in [0.717, 1.165) is 16.9 Å². The maximum absolute atomic E-state index is 12.6. The highest BCUT2D eigenvalue weighted by atomic mass is 35.5. The first kappa shape index (κ1) is 22.2. The van der Waals surface area contributed by atoms with Gasteiger partial charge in [-0.15, -0.1) is 11.8 Å². The van der Waals surface area contributed by atoms with Crippen LogP contribution in [0, 0.1) is 0 Å². The monoisotopic (exact) mass is 466 g/mol. The van der Waals surface area contributed by atoms with E-state index in [4.69, 9.17) is 16.3 Å². The Labute approximate surface area is 196 Å². The third-order valence-corrected chi connectivity index (χ3v) is 6.62. The fourth-order valence-electron chi connectivity index (χ4n) is 3.49. The number of thioether (sulfide) groups is 1. The van der Waals surface area contributed by atoms with Crippen LogP contribution in [0.5, 0.6) is 5.75 Å². The first-order chi connectivity index (χ1) is 15.5. The molecule has 0 aromatic heterocycles. The van der Waals surface area contributed by atoms with Gasteiger partial charge in [-0.05, 0) is 66.6 Å². The molecule has 32 heavy (non-hydrogen) atoms. The minimum absolute atomic E-state index is 0.0820. The smallest absolute Gasteiger partial charge is 0.255 e. The van der Waals surface area contributed by atoms with Gasteiger partial charge in [0.25, 0.3) is 5.91 Å². The van der Waals surface area contributed by atoms with E-state index in [1.54, 1.807) is 23.9 Å². The summed E-state index contributed by atoms with van der Waals surface area (Å²) >= 11 is 7.56. The standard InChI is InChI=1S/C25H23ClN2O3S/c1-2-31-22-13-11-21(12-14-22)27-24(30)18-5-7-19(8-6-18)25-28(23(29)16-32-25)15-17-3-9-20(26)10-4-17/h3-14,25H,2,15-16H2,1H3,(H,27,30)/t25-/m0/s1. The Morgan fingerprint density at radius 1 is 1.06 bits per heavy atom. The van der Waals surface area contributed by atoms with Crippen molar-refractivity contribution in [2.45, 2.75) is 18.8 Å². The van der Waals surface area contributed by atoms with Gasteiger partial charge in [0.2, 0.25) is 5.91 Å². The molecule has 3 aromatic carbocycles. The summed E-state index contributed by atoms with van der Waals surface area (Å²) in [5.41, 5.74) is 3.28. The molecular formula is C25H23ClN2O3S. The Morgan fingerprint density at radius 2 is 1.75 bits per heavy atom. The van der Waals surface area contributed by atoms with Crippen molar-refractivity contribution in [1.82, 2.24) is 4.90 Å². The minimum Gasteiger partial charge on any atom is -0.494 e. The summed E-state index contributed by atoms with van der Waals surface area (Å²) in [6.07, 6.45) is 0. The van der Waals surface area contributed by atoms with Gasteiger partial charge in [-0.1, -0.05) is 35.9 Å². The molecule has 4 rings (SSSR count). The number of carbonyl (C=O) groups excluding carboxylic acids is 2. The number of carbonyl (C=O) groups is 2. The number of anilines is 1. The number of hydrogen-bond acceptors (Lipinski definition) is 4. The summed E-state index contributed by atoms with van der Waals surface area (Å²) < 4.78 is 5.42. The van der Waals surface area contributed by atoms with Crippen LogP contribution in [0.2, 0.25) is 5.02 Å². The first-order valence-electron chi connectivity index (χ1n) is 10.3. The molecule has 0 spiro atoms. The van der Waals surface area contributed by atoms with E-state index >= 15 is 0 Å². The quantitative estimate of drug-likeness (QED) is 0.480. The lowest BCUT2D eigenvalue weighted by molar-refractivity contribution is -0.128. The van der Waals surface area contributed by atoms with Gasteiger partial charge in [0, 0.05) is 22.8 Å². The molecule has 1 saturated heterocycles. The van der Waals surface area contributed by atoms with E-state index in [2.05, 4.69) is 5.32 Å². The fraction of sp³-hybridized carbons (Fsp3) is 0.200. The lowest BCUT2D eigenvalue weighted by Gasteiger charge is -2.24. The molecule has 7 heteroatoms. The zero-order valence-corrected chi connectivity index (χ0v) is 19.2. The van der Waals surface area contributed by atoms with Crippen LogP contribution in [-0.4, -0.2) is 29.1 Å². The molecule has 0 bridgehead atoms. The van der Waals surface area contributed by atoms with Gasteiger partial charge >= 0.3 is 0 Å². The van der Waals surface area contributed by atoms with E-state index in [1.165, 1.54) is 0 Å². The maximum Gasteiger partial charge on any atom is 0.255 e. The van der Waals surface area contributed by atoms with Crippen LogP contribution < -0.4 is 10.1 Å². The molecule has 1 N–H and O–H groups in total. The van der Waals surface area contributed by atoms with Crippen molar-refractivity contribution >= 4 is 40.9 Å². The highest BCUT2D eigenvalue weighted by Gasteiger charge is 2.32. The number of halogens is 1. The molecule has 0 aliphatic carbocycles. The lowest BCUT2D eigenvalue weighted by atomic mass is 10.1. The number of amides is 2. The minimum atomic E-state index is -0.186. The van der Waals surface area contributed by atoms with Gasteiger partial charge in [0.15, 0.2) is 0 Å². The lowest BCUT2D eigenvalue weighted by Crippen LogP contribution is -2.27. The maximum atomic E-state index is 12.6. The second kappa shape index (κ2) is 10.1. The van der Waals surface area contributed by atoms with Crippen molar-refractivity contribution in [1.29, 1.82) is 0 Å². The van der Waals surface area contributed by atoms with Crippen molar-refractivity contribution < 1.29 is 14.3 Å². The number of ether oxygens (including phenoxy) is 1.